The highest BCUT2D eigenvalue weighted by atomic mass is 32.1. The highest BCUT2D eigenvalue weighted by Gasteiger charge is 2.05. The average Bonchev–Trinajstić information content (AvgIpc) is 2.04. The van der Waals surface area contributed by atoms with Gasteiger partial charge in [0, 0.05) is 17.6 Å². The van der Waals surface area contributed by atoms with E-state index in [2.05, 4.69) is 36.4 Å². The van der Waals surface area contributed by atoms with Gasteiger partial charge in [-0.15, -0.1) is 0 Å². The Morgan fingerprint density at radius 3 is 2.25 bits per heavy atom. The van der Waals surface area contributed by atoms with Crippen molar-refractivity contribution in [2.45, 2.75) is 31.9 Å². The number of nitrogens with zero attached hydrogens (tertiary/aromatic N) is 2. The molecule has 0 radical (unpaired) electrons. The van der Waals surface area contributed by atoms with Crippen molar-refractivity contribution in [3.8, 4) is 0 Å². The van der Waals surface area contributed by atoms with Gasteiger partial charge in [0.05, 0.1) is 11.4 Å². The zero-order valence-electron chi connectivity index (χ0n) is 7.65. The van der Waals surface area contributed by atoms with Gasteiger partial charge in [-0.2, -0.15) is 12.6 Å². The molecule has 0 aliphatic heterocycles. The van der Waals surface area contributed by atoms with Crippen molar-refractivity contribution >= 4 is 12.6 Å². The highest BCUT2D eigenvalue weighted by molar-refractivity contribution is 7.80. The first kappa shape index (κ1) is 9.52. The van der Waals surface area contributed by atoms with E-state index >= 15 is 0 Å². The zero-order valence-corrected chi connectivity index (χ0v) is 8.55. The van der Waals surface area contributed by atoms with Crippen LogP contribution in [0.2, 0.25) is 0 Å². The van der Waals surface area contributed by atoms with Crippen molar-refractivity contribution in [3.63, 3.8) is 0 Å². The summed E-state index contributed by atoms with van der Waals surface area (Å²) in [5, 5.41) is 0.163. The van der Waals surface area contributed by atoms with E-state index in [1.54, 1.807) is 6.20 Å². The fourth-order valence-electron chi connectivity index (χ4n) is 0.876. The molecule has 1 heterocycles. The van der Waals surface area contributed by atoms with Crippen LogP contribution in [0, 0.1) is 0 Å². The van der Waals surface area contributed by atoms with Crippen LogP contribution in [0.25, 0.3) is 0 Å². The molecule has 1 rings (SSSR count). The van der Waals surface area contributed by atoms with Gasteiger partial charge in [0.25, 0.3) is 0 Å². The van der Waals surface area contributed by atoms with Crippen LogP contribution in [-0.2, 0) is 0 Å². The molecule has 0 aliphatic rings. The predicted octanol–water partition coefficient (Wildman–Crippen LogP) is 2.59. The Kier molecular flexibility index (Phi) is 3.09. The number of aromatic nitrogens is 2. The van der Waals surface area contributed by atoms with Crippen molar-refractivity contribution in [2.75, 3.05) is 0 Å². The number of hydrogen-bond donors (Lipinski definition) is 1. The Morgan fingerprint density at radius 1 is 1.17 bits per heavy atom. The Hall–Kier alpha value is -0.570. The molecule has 0 saturated carbocycles. The number of hydrogen-bond acceptors (Lipinski definition) is 3. The molecular formula is C9H14N2S. The third kappa shape index (κ3) is 2.21. The Balaban J connectivity index is 2.96. The summed E-state index contributed by atoms with van der Waals surface area (Å²) in [5.41, 5.74) is 1.98. The lowest BCUT2D eigenvalue weighted by atomic mass is 10.1. The van der Waals surface area contributed by atoms with Crippen LogP contribution >= 0.6 is 12.6 Å². The molecule has 3 heteroatoms. The average molecular weight is 182 g/mol. The summed E-state index contributed by atoms with van der Waals surface area (Å²) in [4.78, 5) is 8.55. The molecule has 0 fully saturated rings. The molecule has 0 bridgehead atoms. The van der Waals surface area contributed by atoms with Crippen LogP contribution in [0.1, 0.15) is 43.3 Å². The Bertz CT molecular complexity index is 235. The van der Waals surface area contributed by atoms with Crippen LogP contribution in [0.3, 0.4) is 0 Å². The second-order valence-corrected chi connectivity index (χ2v) is 3.97. The zero-order chi connectivity index (χ0) is 9.14. The molecule has 0 N–H and O–H groups in total. The smallest absolute Gasteiger partial charge is 0.0714 e. The lowest BCUT2D eigenvalue weighted by Gasteiger charge is -2.07. The van der Waals surface area contributed by atoms with Crippen LogP contribution in [0.5, 0.6) is 0 Å². The summed E-state index contributed by atoms with van der Waals surface area (Å²) < 4.78 is 0. The summed E-state index contributed by atoms with van der Waals surface area (Å²) in [5.74, 6) is 0.435. The number of rotatable bonds is 2. The molecule has 66 valence electrons. The molecular weight excluding hydrogens is 168 g/mol. The first-order valence-electron chi connectivity index (χ1n) is 4.11. The van der Waals surface area contributed by atoms with Gasteiger partial charge in [0.15, 0.2) is 0 Å². The SMILES string of the molecule is CC(C)c1cncc(C(C)S)n1. The first-order chi connectivity index (χ1) is 5.61. The molecule has 2 nitrogen and oxygen atoms in total. The van der Waals surface area contributed by atoms with Crippen molar-refractivity contribution in [1.29, 1.82) is 0 Å². The number of thiol groups is 1. The van der Waals surface area contributed by atoms with Gasteiger partial charge in [0.2, 0.25) is 0 Å². The second-order valence-electron chi connectivity index (χ2n) is 3.20. The minimum Gasteiger partial charge on any atom is -0.261 e. The van der Waals surface area contributed by atoms with E-state index in [-0.39, 0.29) is 5.25 Å². The third-order valence-electron chi connectivity index (χ3n) is 1.69. The summed E-state index contributed by atoms with van der Waals surface area (Å²) in [6, 6.07) is 0. The molecule has 12 heavy (non-hydrogen) atoms. The molecule has 0 saturated heterocycles. The summed E-state index contributed by atoms with van der Waals surface area (Å²) in [6.45, 7) is 6.21. The van der Waals surface area contributed by atoms with E-state index in [0.717, 1.165) is 11.4 Å². The molecule has 0 amide bonds. The maximum absolute atomic E-state index is 4.43. The molecule has 1 atom stereocenters. The minimum atomic E-state index is 0.163. The van der Waals surface area contributed by atoms with E-state index in [4.69, 9.17) is 0 Å². The van der Waals surface area contributed by atoms with Gasteiger partial charge in [0.1, 0.15) is 0 Å². The fourth-order valence-corrected chi connectivity index (χ4v) is 1.00. The highest BCUT2D eigenvalue weighted by Crippen LogP contribution is 2.17. The van der Waals surface area contributed by atoms with Crippen LogP contribution in [0.4, 0.5) is 0 Å². The monoisotopic (exact) mass is 182 g/mol. The van der Waals surface area contributed by atoms with E-state index in [0.29, 0.717) is 5.92 Å². The maximum Gasteiger partial charge on any atom is 0.0714 e. The van der Waals surface area contributed by atoms with Crippen molar-refractivity contribution in [3.05, 3.63) is 23.8 Å². The van der Waals surface area contributed by atoms with Crippen LogP contribution in [0.15, 0.2) is 12.4 Å². The summed E-state index contributed by atoms with van der Waals surface area (Å²) in [7, 11) is 0. The van der Waals surface area contributed by atoms with Gasteiger partial charge < -0.3 is 0 Å². The van der Waals surface area contributed by atoms with E-state index in [9.17, 15) is 0 Å². The van der Waals surface area contributed by atoms with Gasteiger partial charge in [-0.3, -0.25) is 9.97 Å². The predicted molar refractivity (Wildman–Crippen MR) is 53.5 cm³/mol. The van der Waals surface area contributed by atoms with Gasteiger partial charge in [-0.05, 0) is 12.8 Å². The van der Waals surface area contributed by atoms with Crippen LogP contribution in [-0.4, -0.2) is 9.97 Å². The fraction of sp³-hybridized carbons (Fsp3) is 0.556. The lowest BCUT2D eigenvalue weighted by Crippen LogP contribution is -1.99. The van der Waals surface area contributed by atoms with Crippen molar-refractivity contribution in [1.82, 2.24) is 9.97 Å². The van der Waals surface area contributed by atoms with Crippen LogP contribution < -0.4 is 0 Å². The Labute approximate surface area is 78.9 Å². The maximum atomic E-state index is 4.43. The Morgan fingerprint density at radius 2 is 1.75 bits per heavy atom. The van der Waals surface area contributed by atoms with E-state index < -0.39 is 0 Å². The quantitative estimate of drug-likeness (QED) is 0.711. The normalized spacial score (nSPS) is 13.4. The van der Waals surface area contributed by atoms with Crippen molar-refractivity contribution in [2.24, 2.45) is 0 Å². The molecule has 1 unspecified atom stereocenters. The van der Waals surface area contributed by atoms with Crippen molar-refractivity contribution < 1.29 is 0 Å². The molecule has 1 aromatic rings. The molecule has 0 spiro atoms. The first-order valence-corrected chi connectivity index (χ1v) is 4.62. The third-order valence-corrected chi connectivity index (χ3v) is 1.96. The van der Waals surface area contributed by atoms with E-state index in [1.165, 1.54) is 0 Å². The summed E-state index contributed by atoms with van der Waals surface area (Å²) >= 11 is 4.30. The second kappa shape index (κ2) is 3.90. The van der Waals surface area contributed by atoms with Gasteiger partial charge in [-0.25, -0.2) is 0 Å². The largest absolute Gasteiger partial charge is 0.261 e. The standard InChI is InChI=1S/C9H14N2S/c1-6(2)8-4-10-5-9(11-8)7(3)12/h4-7,12H,1-3H3. The van der Waals surface area contributed by atoms with E-state index in [1.807, 2.05) is 13.1 Å². The van der Waals surface area contributed by atoms with Gasteiger partial charge >= 0.3 is 0 Å². The van der Waals surface area contributed by atoms with Gasteiger partial charge in [-0.1, -0.05) is 13.8 Å². The molecule has 0 aromatic carbocycles. The summed E-state index contributed by atoms with van der Waals surface area (Å²) in [6.07, 6.45) is 3.58. The molecule has 1 aromatic heterocycles. The lowest BCUT2D eigenvalue weighted by molar-refractivity contribution is 0.791. The topological polar surface area (TPSA) is 25.8 Å². The molecule has 0 aliphatic carbocycles. The minimum absolute atomic E-state index is 0.163.